The van der Waals surface area contributed by atoms with Gasteiger partial charge >= 0.3 is 6.03 Å². The number of nitrogens with zero attached hydrogens (tertiary/aromatic N) is 1. The van der Waals surface area contributed by atoms with Crippen molar-refractivity contribution in [2.75, 3.05) is 7.11 Å². The quantitative estimate of drug-likeness (QED) is 0.674. The Hall–Kier alpha value is -1.50. The zero-order valence-electron chi connectivity index (χ0n) is 10.4. The van der Waals surface area contributed by atoms with Crippen LogP contribution in [0, 0.1) is 0 Å². The molecule has 2 aromatic rings. The molecule has 1 heterocycles. The van der Waals surface area contributed by atoms with E-state index in [0.717, 1.165) is 10.1 Å². The van der Waals surface area contributed by atoms with Crippen LogP contribution in [0.2, 0.25) is 5.02 Å². The fourth-order valence-corrected chi connectivity index (χ4v) is 3.36. The summed E-state index contributed by atoms with van der Waals surface area (Å²) in [7, 11) is 1.58. The lowest BCUT2D eigenvalue weighted by molar-refractivity contribution is -0.0699. The largest absolute Gasteiger partial charge is 0.497 e. The number of ether oxygens (including phenoxy) is 1. The van der Waals surface area contributed by atoms with Crippen molar-refractivity contribution >= 4 is 39.1 Å². The minimum absolute atomic E-state index is 0.466. The molecule has 0 aliphatic heterocycles. The summed E-state index contributed by atoms with van der Waals surface area (Å²) in [5, 5.41) is 11.4. The van der Waals surface area contributed by atoms with E-state index in [2.05, 4.69) is 0 Å². The Balaban J connectivity index is 2.50. The molecule has 0 radical (unpaired) electrons. The van der Waals surface area contributed by atoms with Crippen LogP contribution in [0.3, 0.4) is 0 Å². The van der Waals surface area contributed by atoms with Gasteiger partial charge in [0.2, 0.25) is 0 Å². The number of halogens is 1. The summed E-state index contributed by atoms with van der Waals surface area (Å²) in [6, 6.07) is 4.00. The van der Waals surface area contributed by atoms with Crippen LogP contribution in [0.4, 0.5) is 4.79 Å². The minimum Gasteiger partial charge on any atom is -0.497 e. The Morgan fingerprint density at radius 2 is 2.26 bits per heavy atom. The number of carbonyl (C=O) groups excluding carboxylic acids is 1. The maximum atomic E-state index is 11.0. The van der Waals surface area contributed by atoms with Crippen LogP contribution >= 0.6 is 22.9 Å². The first-order chi connectivity index (χ1) is 8.95. The second kappa shape index (κ2) is 5.24. The molecule has 1 aromatic heterocycles. The van der Waals surface area contributed by atoms with E-state index in [1.807, 2.05) is 18.2 Å². The molecule has 1 aromatic carbocycles. The first-order valence-corrected chi connectivity index (χ1v) is 6.68. The van der Waals surface area contributed by atoms with E-state index < -0.39 is 12.1 Å². The predicted octanol–water partition coefficient (Wildman–Crippen LogP) is 3.39. The van der Waals surface area contributed by atoms with E-state index in [1.54, 1.807) is 14.0 Å². The van der Waals surface area contributed by atoms with Gasteiger partial charge in [0.05, 0.1) is 18.2 Å². The molecule has 5 nitrogen and oxygen atoms in total. The first-order valence-electron chi connectivity index (χ1n) is 5.49. The second-order valence-electron chi connectivity index (χ2n) is 4.00. The summed E-state index contributed by atoms with van der Waals surface area (Å²) in [6.07, 6.45) is 0. The molecule has 7 heteroatoms. The van der Waals surface area contributed by atoms with Crippen molar-refractivity contribution in [3.63, 3.8) is 0 Å². The normalized spacial score (nSPS) is 12.4. The van der Waals surface area contributed by atoms with Gasteiger partial charge in [-0.15, -0.1) is 11.3 Å². The van der Waals surface area contributed by atoms with E-state index in [0.29, 0.717) is 20.7 Å². The molecule has 2 amide bonds. The summed E-state index contributed by atoms with van der Waals surface area (Å²) in [5.41, 5.74) is 5.04. The number of benzene rings is 1. The van der Waals surface area contributed by atoms with Crippen molar-refractivity contribution in [3.8, 4) is 5.75 Å². The molecular weight excluding hydrogens is 288 g/mol. The molecule has 19 heavy (non-hydrogen) atoms. The van der Waals surface area contributed by atoms with E-state index in [-0.39, 0.29) is 0 Å². The van der Waals surface area contributed by atoms with Crippen molar-refractivity contribution in [2.45, 2.75) is 13.0 Å². The molecule has 0 saturated heterocycles. The highest BCUT2D eigenvalue weighted by Gasteiger charge is 2.23. The van der Waals surface area contributed by atoms with Gasteiger partial charge < -0.3 is 10.5 Å². The Bertz CT molecular complexity index is 629. The van der Waals surface area contributed by atoms with Gasteiger partial charge in [-0.05, 0) is 25.1 Å². The van der Waals surface area contributed by atoms with Gasteiger partial charge in [0.25, 0.3) is 0 Å². The van der Waals surface area contributed by atoms with Crippen LogP contribution in [0.15, 0.2) is 18.2 Å². The number of nitrogens with two attached hydrogens (primary N) is 1. The molecule has 0 bridgehead atoms. The monoisotopic (exact) mass is 300 g/mol. The van der Waals surface area contributed by atoms with Crippen molar-refractivity contribution in [3.05, 3.63) is 28.1 Å². The lowest BCUT2D eigenvalue weighted by Crippen LogP contribution is -2.34. The number of rotatable bonds is 3. The predicted molar refractivity (Wildman–Crippen MR) is 75.0 cm³/mol. The number of amides is 2. The summed E-state index contributed by atoms with van der Waals surface area (Å²) in [6.45, 7) is 1.65. The number of hydroxylamine groups is 2. The van der Waals surface area contributed by atoms with Crippen LogP contribution in [0.1, 0.15) is 17.8 Å². The fraction of sp³-hybridized carbons (Fsp3) is 0.250. The Morgan fingerprint density at radius 1 is 1.58 bits per heavy atom. The molecule has 0 saturated carbocycles. The zero-order valence-corrected chi connectivity index (χ0v) is 12.0. The number of fused-ring (bicyclic) bond motifs is 1. The van der Waals surface area contributed by atoms with E-state index >= 15 is 0 Å². The van der Waals surface area contributed by atoms with Gasteiger partial charge in [-0.1, -0.05) is 11.6 Å². The molecular formula is C12H13ClN2O3S. The maximum absolute atomic E-state index is 11.0. The molecule has 0 aliphatic rings. The van der Waals surface area contributed by atoms with Crippen molar-refractivity contribution < 1.29 is 14.7 Å². The third-order valence-electron chi connectivity index (χ3n) is 2.83. The number of hydrogen-bond donors (Lipinski definition) is 2. The lowest BCUT2D eigenvalue weighted by atomic mass is 10.2. The maximum Gasteiger partial charge on any atom is 0.339 e. The molecule has 3 N–H and O–H groups in total. The summed E-state index contributed by atoms with van der Waals surface area (Å²) >= 11 is 7.69. The summed E-state index contributed by atoms with van der Waals surface area (Å²) < 4.78 is 6.09. The third kappa shape index (κ3) is 2.47. The average Bonchev–Trinajstić information content (AvgIpc) is 2.73. The smallest absolute Gasteiger partial charge is 0.339 e. The molecule has 0 aliphatic carbocycles. The van der Waals surface area contributed by atoms with Crippen LogP contribution in [-0.2, 0) is 0 Å². The van der Waals surface area contributed by atoms with Crippen LogP contribution in [0.5, 0.6) is 5.75 Å². The van der Waals surface area contributed by atoms with Crippen LogP contribution in [-0.4, -0.2) is 23.4 Å². The van der Waals surface area contributed by atoms with Crippen LogP contribution < -0.4 is 10.5 Å². The minimum atomic E-state index is -0.918. The third-order valence-corrected chi connectivity index (χ3v) is 4.69. The number of urea groups is 1. The zero-order chi connectivity index (χ0) is 14.2. The fourth-order valence-electron chi connectivity index (χ4n) is 1.76. The molecule has 0 spiro atoms. The van der Waals surface area contributed by atoms with Crippen molar-refractivity contribution in [2.24, 2.45) is 5.73 Å². The Labute approximate surface area is 119 Å². The van der Waals surface area contributed by atoms with Gasteiger partial charge in [-0.3, -0.25) is 5.21 Å². The van der Waals surface area contributed by atoms with E-state index in [9.17, 15) is 10.0 Å². The summed E-state index contributed by atoms with van der Waals surface area (Å²) in [5.74, 6) is 0.696. The second-order valence-corrected chi connectivity index (χ2v) is 5.46. The molecule has 2 rings (SSSR count). The summed E-state index contributed by atoms with van der Waals surface area (Å²) in [4.78, 5) is 11.7. The highest BCUT2D eigenvalue weighted by atomic mass is 35.5. The Morgan fingerprint density at radius 3 is 2.84 bits per heavy atom. The number of methoxy groups -OCH3 is 1. The van der Waals surface area contributed by atoms with Gasteiger partial charge in [-0.2, -0.15) is 5.06 Å². The number of carbonyl (C=O) groups is 1. The first kappa shape index (κ1) is 13.9. The standard InChI is InChI=1S/C12H13ClN2O3S/c1-6(15(17)12(14)16)11-10(13)8-5-7(18-2)3-4-9(8)19-11/h3-6,17H,1-2H3,(H2,14,16). The SMILES string of the molecule is COc1ccc2sc(C(C)N(O)C(N)=O)c(Cl)c2c1. The van der Waals surface area contributed by atoms with Gasteiger partial charge in [0, 0.05) is 15.0 Å². The van der Waals surface area contributed by atoms with Crippen molar-refractivity contribution in [1.29, 1.82) is 0 Å². The highest BCUT2D eigenvalue weighted by Crippen LogP contribution is 2.41. The van der Waals surface area contributed by atoms with Gasteiger partial charge in [-0.25, -0.2) is 4.79 Å². The molecule has 102 valence electrons. The number of hydrogen-bond acceptors (Lipinski definition) is 4. The number of thiophene rings is 1. The molecule has 1 atom stereocenters. The molecule has 0 fully saturated rings. The topological polar surface area (TPSA) is 75.8 Å². The van der Waals surface area contributed by atoms with Crippen molar-refractivity contribution in [1.82, 2.24) is 5.06 Å². The van der Waals surface area contributed by atoms with Crippen LogP contribution in [0.25, 0.3) is 10.1 Å². The van der Waals surface area contributed by atoms with Gasteiger partial charge in [0.15, 0.2) is 0 Å². The number of primary amides is 1. The average molecular weight is 301 g/mol. The Kier molecular flexibility index (Phi) is 3.84. The van der Waals surface area contributed by atoms with E-state index in [1.165, 1.54) is 11.3 Å². The molecule has 1 unspecified atom stereocenters. The highest BCUT2D eigenvalue weighted by molar-refractivity contribution is 7.19. The lowest BCUT2D eigenvalue weighted by Gasteiger charge is -2.19. The van der Waals surface area contributed by atoms with Gasteiger partial charge in [0.1, 0.15) is 5.75 Å². The van der Waals surface area contributed by atoms with E-state index in [4.69, 9.17) is 22.1 Å².